The minimum Gasteiger partial charge on any atom is -0.491 e. The van der Waals surface area contributed by atoms with Crippen LogP contribution in [0.1, 0.15) is 18.9 Å². The molecule has 2 unspecified atom stereocenters. The van der Waals surface area contributed by atoms with E-state index in [2.05, 4.69) is 12.6 Å². The molecule has 3 nitrogen and oxygen atoms in total. The van der Waals surface area contributed by atoms with Crippen molar-refractivity contribution < 1.29 is 9.53 Å². The second-order valence-electron chi connectivity index (χ2n) is 4.83. The molecule has 1 aromatic rings. The van der Waals surface area contributed by atoms with E-state index < -0.39 is 0 Å². The van der Waals surface area contributed by atoms with Gasteiger partial charge >= 0.3 is 0 Å². The summed E-state index contributed by atoms with van der Waals surface area (Å²) in [4.78, 5) is 13.6. The van der Waals surface area contributed by atoms with E-state index in [1.54, 1.807) is 0 Å². The summed E-state index contributed by atoms with van der Waals surface area (Å²) in [5.41, 5.74) is 1.12. The van der Waals surface area contributed by atoms with Gasteiger partial charge in [0.05, 0.1) is 6.04 Å². The molecule has 18 heavy (non-hydrogen) atoms. The number of ether oxygens (including phenoxy) is 1. The van der Waals surface area contributed by atoms with E-state index in [-0.39, 0.29) is 17.2 Å². The molecule has 2 atom stereocenters. The van der Waals surface area contributed by atoms with Crippen LogP contribution in [0.3, 0.4) is 0 Å². The van der Waals surface area contributed by atoms with Gasteiger partial charge in [-0.2, -0.15) is 12.6 Å². The molecule has 1 aliphatic heterocycles. The third-order valence-electron chi connectivity index (χ3n) is 3.24. The average molecular weight is 265 g/mol. The highest BCUT2D eigenvalue weighted by Crippen LogP contribution is 2.20. The van der Waals surface area contributed by atoms with Crippen molar-refractivity contribution in [3.05, 3.63) is 29.8 Å². The lowest BCUT2D eigenvalue weighted by Gasteiger charge is -2.24. The van der Waals surface area contributed by atoms with Crippen LogP contribution < -0.4 is 4.74 Å². The van der Waals surface area contributed by atoms with Crippen LogP contribution >= 0.6 is 12.6 Å². The molecule has 2 rings (SSSR count). The molecule has 4 heteroatoms. The number of hydrogen-bond donors (Lipinski definition) is 1. The monoisotopic (exact) mass is 265 g/mol. The number of nitrogens with zero attached hydrogens (tertiary/aromatic N) is 1. The first-order valence-corrected chi connectivity index (χ1v) is 6.75. The molecule has 0 radical (unpaired) electrons. The number of amides is 1. The number of aryl methyl sites for hydroxylation is 1. The third-order valence-corrected chi connectivity index (χ3v) is 3.59. The maximum atomic E-state index is 11.7. The van der Waals surface area contributed by atoms with Gasteiger partial charge in [-0.3, -0.25) is 4.79 Å². The number of benzene rings is 1. The Bertz CT molecular complexity index is 436. The Morgan fingerprint density at radius 3 is 2.83 bits per heavy atom. The van der Waals surface area contributed by atoms with Crippen molar-refractivity contribution >= 4 is 18.5 Å². The van der Waals surface area contributed by atoms with Crippen molar-refractivity contribution in [3.63, 3.8) is 0 Å². The molecule has 1 aromatic carbocycles. The third kappa shape index (κ3) is 2.99. The molecule has 0 aromatic heterocycles. The maximum absolute atomic E-state index is 11.7. The van der Waals surface area contributed by atoms with E-state index in [0.29, 0.717) is 13.0 Å². The van der Waals surface area contributed by atoms with Gasteiger partial charge in [-0.15, -0.1) is 0 Å². The number of hydrogen-bond acceptors (Lipinski definition) is 3. The fourth-order valence-corrected chi connectivity index (χ4v) is 2.49. The first-order chi connectivity index (χ1) is 8.58. The SMILES string of the molecule is Cc1ccccc1OCC(C)N1CC(S)CC1=O. The van der Waals surface area contributed by atoms with Crippen LogP contribution in [0, 0.1) is 6.92 Å². The summed E-state index contributed by atoms with van der Waals surface area (Å²) in [7, 11) is 0. The highest BCUT2D eigenvalue weighted by molar-refractivity contribution is 7.81. The first kappa shape index (κ1) is 13.3. The van der Waals surface area contributed by atoms with Gasteiger partial charge in [-0.1, -0.05) is 18.2 Å². The van der Waals surface area contributed by atoms with Gasteiger partial charge in [0.15, 0.2) is 0 Å². The summed E-state index contributed by atoms with van der Waals surface area (Å²) in [6, 6.07) is 8.01. The molecule has 0 N–H and O–H groups in total. The lowest BCUT2D eigenvalue weighted by atomic mass is 10.2. The number of rotatable bonds is 4. The normalized spacial score (nSPS) is 21.2. The summed E-state index contributed by atoms with van der Waals surface area (Å²) in [6.45, 7) is 5.28. The van der Waals surface area contributed by atoms with E-state index >= 15 is 0 Å². The molecule has 98 valence electrons. The van der Waals surface area contributed by atoms with Gasteiger partial charge in [-0.05, 0) is 25.5 Å². The van der Waals surface area contributed by atoms with Crippen LogP contribution in [0.2, 0.25) is 0 Å². The predicted octanol–water partition coefficient (Wildman–Crippen LogP) is 2.29. The molecule has 1 aliphatic rings. The van der Waals surface area contributed by atoms with Gasteiger partial charge in [0.1, 0.15) is 12.4 Å². The number of para-hydroxylation sites is 1. The van der Waals surface area contributed by atoms with Crippen LogP contribution in [-0.4, -0.2) is 35.3 Å². The molecule has 0 bridgehead atoms. The van der Waals surface area contributed by atoms with E-state index in [4.69, 9.17) is 4.74 Å². The van der Waals surface area contributed by atoms with Gasteiger partial charge < -0.3 is 9.64 Å². The largest absolute Gasteiger partial charge is 0.491 e. The van der Waals surface area contributed by atoms with Crippen LogP contribution in [0.15, 0.2) is 24.3 Å². The summed E-state index contributed by atoms with van der Waals surface area (Å²) >= 11 is 4.36. The zero-order valence-corrected chi connectivity index (χ0v) is 11.7. The quantitative estimate of drug-likeness (QED) is 0.847. The van der Waals surface area contributed by atoms with Crippen LogP contribution in [0.5, 0.6) is 5.75 Å². The first-order valence-electron chi connectivity index (χ1n) is 6.24. The Labute approximate surface area is 114 Å². The molecule has 1 saturated heterocycles. The van der Waals surface area contributed by atoms with Crippen molar-refractivity contribution in [2.24, 2.45) is 0 Å². The van der Waals surface area contributed by atoms with Gasteiger partial charge in [-0.25, -0.2) is 0 Å². The Morgan fingerprint density at radius 2 is 2.22 bits per heavy atom. The number of carbonyl (C=O) groups excluding carboxylic acids is 1. The molecular formula is C14H19NO2S. The van der Waals surface area contributed by atoms with Crippen molar-refractivity contribution in [3.8, 4) is 5.75 Å². The molecule has 1 amide bonds. The maximum Gasteiger partial charge on any atom is 0.224 e. The van der Waals surface area contributed by atoms with E-state index in [1.165, 1.54) is 0 Å². The summed E-state index contributed by atoms with van der Waals surface area (Å²) in [5.74, 6) is 1.06. The minimum absolute atomic E-state index is 0.0919. The summed E-state index contributed by atoms with van der Waals surface area (Å²) in [6.07, 6.45) is 0.539. The van der Waals surface area contributed by atoms with Crippen molar-refractivity contribution in [2.45, 2.75) is 31.6 Å². The Kier molecular flexibility index (Phi) is 4.17. The second kappa shape index (κ2) is 5.65. The lowest BCUT2D eigenvalue weighted by Crippen LogP contribution is -2.38. The topological polar surface area (TPSA) is 29.5 Å². The van der Waals surface area contributed by atoms with E-state index in [0.717, 1.165) is 17.9 Å². The van der Waals surface area contributed by atoms with E-state index in [1.807, 2.05) is 43.0 Å². The van der Waals surface area contributed by atoms with Crippen LogP contribution in [0.25, 0.3) is 0 Å². The van der Waals surface area contributed by atoms with Gasteiger partial charge in [0, 0.05) is 18.2 Å². The molecular weight excluding hydrogens is 246 g/mol. The fraction of sp³-hybridized carbons (Fsp3) is 0.500. The predicted molar refractivity (Wildman–Crippen MR) is 75.2 cm³/mol. The highest BCUT2D eigenvalue weighted by Gasteiger charge is 2.30. The molecule has 0 spiro atoms. The van der Waals surface area contributed by atoms with Crippen molar-refractivity contribution in [1.82, 2.24) is 4.90 Å². The highest BCUT2D eigenvalue weighted by atomic mass is 32.1. The number of carbonyl (C=O) groups is 1. The lowest BCUT2D eigenvalue weighted by molar-refractivity contribution is -0.129. The Morgan fingerprint density at radius 1 is 1.50 bits per heavy atom. The van der Waals surface area contributed by atoms with Crippen LogP contribution in [0.4, 0.5) is 0 Å². The minimum atomic E-state index is 0.0919. The van der Waals surface area contributed by atoms with Crippen molar-refractivity contribution in [2.75, 3.05) is 13.2 Å². The molecule has 0 aliphatic carbocycles. The summed E-state index contributed by atoms with van der Waals surface area (Å²) in [5, 5.41) is 0.165. The number of likely N-dealkylation sites (tertiary alicyclic amines) is 1. The zero-order valence-electron chi connectivity index (χ0n) is 10.8. The zero-order chi connectivity index (χ0) is 13.1. The van der Waals surface area contributed by atoms with Gasteiger partial charge in [0.25, 0.3) is 0 Å². The second-order valence-corrected chi connectivity index (χ2v) is 5.56. The summed E-state index contributed by atoms with van der Waals surface area (Å²) < 4.78 is 5.78. The van der Waals surface area contributed by atoms with Gasteiger partial charge in [0.2, 0.25) is 5.91 Å². The molecule has 1 fully saturated rings. The average Bonchev–Trinajstić information content (AvgIpc) is 2.67. The van der Waals surface area contributed by atoms with Crippen molar-refractivity contribution in [1.29, 1.82) is 0 Å². The van der Waals surface area contributed by atoms with Crippen LogP contribution in [-0.2, 0) is 4.79 Å². The smallest absolute Gasteiger partial charge is 0.224 e. The molecule has 1 heterocycles. The van der Waals surface area contributed by atoms with E-state index in [9.17, 15) is 4.79 Å². The number of thiol groups is 1. The fourth-order valence-electron chi connectivity index (χ4n) is 2.16. The Hall–Kier alpha value is -1.16. The molecule has 0 saturated carbocycles. The Balaban J connectivity index is 1.91. The standard InChI is InChI=1S/C14H19NO2S/c1-10-5-3-4-6-13(10)17-9-11(2)15-8-12(18)7-14(15)16/h3-6,11-12,18H,7-9H2,1-2H3.